The average molecular weight is 417 g/mol. The first-order valence-corrected chi connectivity index (χ1v) is 11.0. The highest BCUT2D eigenvalue weighted by Gasteiger charge is 2.43. The van der Waals surface area contributed by atoms with Crippen molar-refractivity contribution in [3.05, 3.63) is 23.3 Å². The molecule has 6 heteroatoms. The minimum atomic E-state index is -0.552. The fourth-order valence-corrected chi connectivity index (χ4v) is 4.52. The molecular weight excluding hydrogens is 384 g/mol. The summed E-state index contributed by atoms with van der Waals surface area (Å²) < 4.78 is 10.6. The van der Waals surface area contributed by atoms with E-state index in [1.807, 2.05) is 39.8 Å². The van der Waals surface area contributed by atoms with Gasteiger partial charge in [0, 0.05) is 0 Å². The minimum Gasteiger partial charge on any atom is -0.461 e. The van der Waals surface area contributed by atoms with Gasteiger partial charge >= 0.3 is 11.9 Å². The Balaban J connectivity index is 0.000000171. The molecule has 0 amide bonds. The third kappa shape index (κ3) is 4.73. The van der Waals surface area contributed by atoms with Gasteiger partial charge in [-0.25, -0.2) is 0 Å². The quantitative estimate of drug-likeness (QED) is 0.340. The van der Waals surface area contributed by atoms with Crippen molar-refractivity contribution in [2.75, 3.05) is 0 Å². The predicted octanol–water partition coefficient (Wildman–Crippen LogP) is 3.73. The highest BCUT2D eigenvalue weighted by molar-refractivity contribution is 6.03. The molecule has 4 aliphatic heterocycles. The number of carbonyl (C=O) groups is 4. The Labute approximate surface area is 178 Å². The van der Waals surface area contributed by atoms with Crippen LogP contribution in [0.2, 0.25) is 0 Å². The maximum absolute atomic E-state index is 11.9. The van der Waals surface area contributed by atoms with Gasteiger partial charge in [-0.3, -0.25) is 19.2 Å². The molecule has 2 fully saturated rings. The van der Waals surface area contributed by atoms with Gasteiger partial charge in [-0.15, -0.1) is 0 Å². The van der Waals surface area contributed by atoms with E-state index >= 15 is 0 Å². The van der Waals surface area contributed by atoms with Crippen LogP contribution in [0.5, 0.6) is 0 Å². The van der Waals surface area contributed by atoms with Gasteiger partial charge in [0.25, 0.3) is 0 Å². The lowest BCUT2D eigenvalue weighted by atomic mass is 9.85. The zero-order chi connectivity index (χ0) is 22.0. The molecule has 0 spiro atoms. The maximum atomic E-state index is 11.9. The van der Waals surface area contributed by atoms with Crippen LogP contribution in [0.25, 0.3) is 0 Å². The first kappa shape index (κ1) is 22.4. The normalized spacial score (nSPS) is 39.9. The third-order valence-corrected chi connectivity index (χ3v) is 6.85. The lowest BCUT2D eigenvalue weighted by Crippen LogP contribution is -2.44. The van der Waals surface area contributed by atoms with E-state index in [-0.39, 0.29) is 47.5 Å². The molecule has 0 aromatic carbocycles. The summed E-state index contributed by atoms with van der Waals surface area (Å²) in [5, 5.41) is 0. The second kappa shape index (κ2) is 9.27. The molecule has 0 aromatic heterocycles. The van der Waals surface area contributed by atoms with Gasteiger partial charge in [-0.05, 0) is 52.4 Å². The summed E-state index contributed by atoms with van der Waals surface area (Å²) in [4.78, 5) is 46.9. The topological polar surface area (TPSA) is 86.7 Å². The van der Waals surface area contributed by atoms with Crippen molar-refractivity contribution in [3.8, 4) is 0 Å². The van der Waals surface area contributed by atoms with Crippen molar-refractivity contribution in [1.82, 2.24) is 0 Å². The van der Waals surface area contributed by atoms with E-state index in [1.54, 1.807) is 0 Å². The molecular formula is C24H32O6. The summed E-state index contributed by atoms with van der Waals surface area (Å²) in [6.45, 7) is 7.83. The number of esters is 2. The summed E-state index contributed by atoms with van der Waals surface area (Å²) in [7, 11) is 0. The molecule has 0 saturated carbocycles. The molecule has 0 radical (unpaired) electrons. The lowest BCUT2D eigenvalue weighted by Gasteiger charge is -2.31. The van der Waals surface area contributed by atoms with Crippen LogP contribution >= 0.6 is 0 Å². The fraction of sp³-hybridized carbons (Fsp3) is 0.667. The van der Waals surface area contributed by atoms with Crippen LogP contribution < -0.4 is 0 Å². The summed E-state index contributed by atoms with van der Waals surface area (Å²) in [5.41, 5.74) is 2.51. The summed E-state index contributed by atoms with van der Waals surface area (Å²) in [5.74, 6) is -1.90. The molecule has 6 aliphatic rings. The molecule has 2 saturated heterocycles. The van der Waals surface area contributed by atoms with Gasteiger partial charge in [-0.1, -0.05) is 37.1 Å². The Hall–Kier alpha value is -2.24. The number of Topliss-reactive ketones (excluding diaryl/α,β-unsaturated/α-hetero) is 2. The molecule has 164 valence electrons. The maximum Gasteiger partial charge on any atom is 0.317 e. The van der Waals surface area contributed by atoms with Gasteiger partial charge in [0.2, 0.25) is 0 Å². The second-order valence-electron chi connectivity index (χ2n) is 9.09. The fourth-order valence-electron chi connectivity index (χ4n) is 4.52. The van der Waals surface area contributed by atoms with Crippen molar-refractivity contribution < 1.29 is 28.7 Å². The van der Waals surface area contributed by atoms with Crippen LogP contribution in [0, 0.1) is 23.7 Å². The van der Waals surface area contributed by atoms with Crippen molar-refractivity contribution in [1.29, 1.82) is 0 Å². The molecule has 0 N–H and O–H groups in total. The summed E-state index contributed by atoms with van der Waals surface area (Å²) >= 11 is 0. The van der Waals surface area contributed by atoms with Crippen LogP contribution in [-0.2, 0) is 28.7 Å². The Morgan fingerprint density at radius 3 is 1.43 bits per heavy atom. The third-order valence-electron chi connectivity index (χ3n) is 6.85. The molecule has 4 heterocycles. The predicted molar refractivity (Wildman–Crippen MR) is 110 cm³/mol. The van der Waals surface area contributed by atoms with Gasteiger partial charge in [0.15, 0.2) is 11.6 Å². The number of fused-ring (bicyclic) bond motifs is 10. The Bertz CT molecular complexity index is 726. The molecule has 4 bridgehead atoms. The molecule has 2 aliphatic carbocycles. The number of carbonyl (C=O) groups excluding carboxylic acids is 4. The Kier molecular flexibility index (Phi) is 6.94. The molecule has 0 aromatic rings. The molecule has 6 rings (SSSR count). The van der Waals surface area contributed by atoms with E-state index in [2.05, 4.69) is 0 Å². The standard InChI is InChI=1S/2C12H16O3/c2*1-7-3-5-9-11(13)8(2)10(6-4-7)15-12(9)14/h2*3,8-10H,4-6H2,1-2H3/b2*7-3-/t2*8-,9-,10+/m11/s1. The van der Waals surface area contributed by atoms with Crippen molar-refractivity contribution >= 4 is 23.5 Å². The summed E-state index contributed by atoms with van der Waals surface area (Å²) in [6.07, 6.45) is 8.01. The van der Waals surface area contributed by atoms with Gasteiger partial charge in [-0.2, -0.15) is 0 Å². The number of ether oxygens (including phenoxy) is 2. The zero-order valence-corrected chi connectivity index (χ0v) is 18.3. The van der Waals surface area contributed by atoms with E-state index in [4.69, 9.17) is 9.47 Å². The Morgan fingerprint density at radius 1 is 0.700 bits per heavy atom. The smallest absolute Gasteiger partial charge is 0.317 e. The van der Waals surface area contributed by atoms with E-state index in [9.17, 15) is 19.2 Å². The molecule has 0 unspecified atom stereocenters. The van der Waals surface area contributed by atoms with Crippen LogP contribution in [-0.4, -0.2) is 35.7 Å². The number of rotatable bonds is 0. The van der Waals surface area contributed by atoms with E-state index in [1.165, 1.54) is 11.1 Å². The largest absolute Gasteiger partial charge is 0.461 e. The highest BCUT2D eigenvalue weighted by atomic mass is 16.6. The van der Waals surface area contributed by atoms with Gasteiger partial charge in [0.1, 0.15) is 24.0 Å². The lowest BCUT2D eigenvalue weighted by molar-refractivity contribution is -0.171. The first-order chi connectivity index (χ1) is 14.2. The Morgan fingerprint density at radius 2 is 1.07 bits per heavy atom. The van der Waals surface area contributed by atoms with Crippen molar-refractivity contribution in [2.24, 2.45) is 23.7 Å². The monoisotopic (exact) mass is 416 g/mol. The van der Waals surface area contributed by atoms with E-state index in [0.29, 0.717) is 12.8 Å². The van der Waals surface area contributed by atoms with E-state index < -0.39 is 11.8 Å². The van der Waals surface area contributed by atoms with Crippen molar-refractivity contribution in [2.45, 2.75) is 78.4 Å². The van der Waals surface area contributed by atoms with E-state index in [0.717, 1.165) is 25.7 Å². The van der Waals surface area contributed by atoms with Crippen LogP contribution in [0.3, 0.4) is 0 Å². The van der Waals surface area contributed by atoms with Crippen LogP contribution in [0.15, 0.2) is 23.3 Å². The van der Waals surface area contributed by atoms with Gasteiger partial charge < -0.3 is 9.47 Å². The second-order valence-corrected chi connectivity index (χ2v) is 9.09. The van der Waals surface area contributed by atoms with Gasteiger partial charge in [0.05, 0.1) is 11.8 Å². The number of allylic oxidation sites excluding steroid dienone is 4. The highest BCUT2D eigenvalue weighted by Crippen LogP contribution is 2.32. The first-order valence-electron chi connectivity index (χ1n) is 11.0. The van der Waals surface area contributed by atoms with Crippen molar-refractivity contribution in [3.63, 3.8) is 0 Å². The average Bonchev–Trinajstić information content (AvgIpc) is 2.87. The molecule has 6 nitrogen and oxygen atoms in total. The molecule has 6 atom stereocenters. The number of ketones is 2. The number of hydrogen-bond donors (Lipinski definition) is 0. The molecule has 30 heavy (non-hydrogen) atoms. The minimum absolute atomic E-state index is 0.0576. The SMILES string of the molecule is C/C1=C/C[C@H]2C(=O)O[C@@H](CC1)[C@@H](C)C2=O.C/C1=C/C[C@H]2C(=O)O[C@@H](CC1)[C@@H](C)C2=O. The van der Waals surface area contributed by atoms with Crippen LogP contribution in [0.1, 0.15) is 66.2 Å². The van der Waals surface area contributed by atoms with Crippen LogP contribution in [0.4, 0.5) is 0 Å². The zero-order valence-electron chi connectivity index (χ0n) is 18.3. The number of hydrogen-bond acceptors (Lipinski definition) is 6. The summed E-state index contributed by atoms with van der Waals surface area (Å²) in [6, 6.07) is 0.